The van der Waals surface area contributed by atoms with Gasteiger partial charge in [0.15, 0.2) is 0 Å². The third kappa shape index (κ3) is 5.70. The lowest BCUT2D eigenvalue weighted by Gasteiger charge is -2.08. The number of carbonyl (C=O) groups excluding carboxylic acids is 3. The average Bonchev–Trinajstić information content (AvgIpc) is 2.72. The number of hydrogen-bond donors (Lipinski definition) is 1. The van der Waals surface area contributed by atoms with E-state index in [1.54, 1.807) is 6.08 Å². The first-order valence-electron chi connectivity index (χ1n) is 8.50. The fourth-order valence-corrected chi connectivity index (χ4v) is 2.37. The molecule has 0 saturated carbocycles. The maximum absolute atomic E-state index is 12.2. The van der Waals surface area contributed by atoms with Gasteiger partial charge in [-0.1, -0.05) is 12.1 Å². The first-order chi connectivity index (χ1) is 13.5. The molecule has 0 fully saturated rings. The zero-order valence-corrected chi connectivity index (χ0v) is 15.9. The number of ether oxygens (including phenoxy) is 3. The number of nitrogens with one attached hydrogen (secondary N) is 1. The summed E-state index contributed by atoms with van der Waals surface area (Å²) in [5.74, 6) is -0.942. The summed E-state index contributed by atoms with van der Waals surface area (Å²) in [5, 5.41) is 2.62. The van der Waals surface area contributed by atoms with E-state index in [2.05, 4.69) is 14.8 Å². The highest BCUT2D eigenvalue weighted by Gasteiger charge is 2.14. The van der Waals surface area contributed by atoms with Crippen LogP contribution in [0.3, 0.4) is 0 Å². The van der Waals surface area contributed by atoms with Crippen molar-refractivity contribution in [2.75, 3.05) is 26.1 Å². The molecule has 146 valence electrons. The Labute approximate surface area is 162 Å². The van der Waals surface area contributed by atoms with E-state index >= 15 is 0 Å². The number of rotatable bonds is 7. The number of esters is 2. The first kappa shape index (κ1) is 20.7. The fraction of sp³-hybridized carbons (Fsp3) is 0.190. The van der Waals surface area contributed by atoms with E-state index in [0.717, 1.165) is 11.3 Å². The molecule has 2 aromatic rings. The molecule has 1 N–H and O–H groups in total. The summed E-state index contributed by atoms with van der Waals surface area (Å²) in [6.45, 7) is 2.48. The minimum atomic E-state index is -0.633. The highest BCUT2D eigenvalue weighted by atomic mass is 16.5. The number of amides is 1. The van der Waals surface area contributed by atoms with E-state index in [1.165, 1.54) is 38.5 Å². The van der Waals surface area contributed by atoms with E-state index in [4.69, 9.17) is 4.74 Å². The average molecular weight is 383 g/mol. The molecule has 7 heteroatoms. The van der Waals surface area contributed by atoms with Crippen molar-refractivity contribution in [3.05, 3.63) is 65.2 Å². The van der Waals surface area contributed by atoms with Gasteiger partial charge < -0.3 is 19.5 Å². The molecular weight excluding hydrogens is 362 g/mol. The molecule has 0 saturated heterocycles. The third-order valence-electron chi connectivity index (χ3n) is 3.66. The third-order valence-corrected chi connectivity index (χ3v) is 3.66. The molecule has 0 bridgehead atoms. The Kier molecular flexibility index (Phi) is 7.33. The van der Waals surface area contributed by atoms with Crippen LogP contribution in [0.25, 0.3) is 6.08 Å². The Bertz CT molecular complexity index is 852. The monoisotopic (exact) mass is 383 g/mol. The van der Waals surface area contributed by atoms with E-state index < -0.39 is 17.8 Å². The quantitative estimate of drug-likeness (QED) is 0.583. The summed E-state index contributed by atoms with van der Waals surface area (Å²) in [6, 6.07) is 11.4. The van der Waals surface area contributed by atoms with Crippen LogP contribution in [0.15, 0.2) is 48.5 Å². The highest BCUT2D eigenvalue weighted by Crippen LogP contribution is 2.18. The summed E-state index contributed by atoms with van der Waals surface area (Å²) < 4.78 is 14.7. The minimum absolute atomic E-state index is 0.121. The van der Waals surface area contributed by atoms with E-state index in [0.29, 0.717) is 6.61 Å². The Hall–Kier alpha value is -3.61. The first-order valence-corrected chi connectivity index (χ1v) is 8.50. The predicted octanol–water partition coefficient (Wildman–Crippen LogP) is 3.31. The molecule has 0 spiro atoms. The number of benzene rings is 2. The summed E-state index contributed by atoms with van der Waals surface area (Å²) in [4.78, 5) is 35.8. The molecule has 0 unspecified atom stereocenters. The topological polar surface area (TPSA) is 90.9 Å². The van der Waals surface area contributed by atoms with E-state index in [1.807, 2.05) is 31.2 Å². The van der Waals surface area contributed by atoms with Gasteiger partial charge in [-0.05, 0) is 48.9 Å². The highest BCUT2D eigenvalue weighted by molar-refractivity contribution is 6.04. The lowest BCUT2D eigenvalue weighted by molar-refractivity contribution is -0.111. The fourth-order valence-electron chi connectivity index (χ4n) is 2.37. The van der Waals surface area contributed by atoms with Crippen molar-refractivity contribution in [2.45, 2.75) is 6.92 Å². The maximum atomic E-state index is 12.2. The maximum Gasteiger partial charge on any atom is 0.337 e. The van der Waals surface area contributed by atoms with Crippen LogP contribution in [0.2, 0.25) is 0 Å². The molecule has 2 aromatic carbocycles. The van der Waals surface area contributed by atoms with E-state index in [9.17, 15) is 14.4 Å². The second-order valence-corrected chi connectivity index (χ2v) is 5.61. The molecule has 0 atom stereocenters. The Morgan fingerprint density at radius 2 is 1.50 bits per heavy atom. The van der Waals surface area contributed by atoms with Crippen LogP contribution < -0.4 is 10.1 Å². The normalized spacial score (nSPS) is 10.4. The molecule has 0 aliphatic rings. The van der Waals surface area contributed by atoms with Crippen molar-refractivity contribution in [2.24, 2.45) is 0 Å². The van der Waals surface area contributed by atoms with Gasteiger partial charge in [0.25, 0.3) is 0 Å². The Morgan fingerprint density at radius 3 is 2.00 bits per heavy atom. The number of carbonyl (C=O) groups is 3. The Morgan fingerprint density at radius 1 is 0.929 bits per heavy atom. The van der Waals surface area contributed by atoms with Gasteiger partial charge in [0.2, 0.25) is 5.91 Å². The van der Waals surface area contributed by atoms with Crippen molar-refractivity contribution in [3.63, 3.8) is 0 Å². The van der Waals surface area contributed by atoms with Crippen molar-refractivity contribution < 1.29 is 28.6 Å². The second-order valence-electron chi connectivity index (χ2n) is 5.61. The Balaban J connectivity index is 2.15. The van der Waals surface area contributed by atoms with Crippen molar-refractivity contribution in [1.29, 1.82) is 0 Å². The van der Waals surface area contributed by atoms with Crippen molar-refractivity contribution >= 4 is 29.6 Å². The van der Waals surface area contributed by atoms with Gasteiger partial charge in [-0.2, -0.15) is 0 Å². The molecule has 1 amide bonds. The molecule has 7 nitrogen and oxygen atoms in total. The smallest absolute Gasteiger partial charge is 0.337 e. The molecule has 28 heavy (non-hydrogen) atoms. The molecule has 0 aliphatic heterocycles. The van der Waals surface area contributed by atoms with E-state index in [-0.39, 0.29) is 16.8 Å². The number of methoxy groups -OCH3 is 2. The zero-order valence-electron chi connectivity index (χ0n) is 15.9. The second kappa shape index (κ2) is 9.91. The largest absolute Gasteiger partial charge is 0.494 e. The molecule has 0 heterocycles. The summed E-state index contributed by atoms with van der Waals surface area (Å²) >= 11 is 0. The van der Waals surface area contributed by atoms with Gasteiger partial charge in [0.05, 0.1) is 32.0 Å². The molecule has 0 aromatic heterocycles. The van der Waals surface area contributed by atoms with Crippen molar-refractivity contribution in [3.8, 4) is 5.75 Å². The summed E-state index contributed by atoms with van der Waals surface area (Å²) in [6.07, 6.45) is 2.98. The lowest BCUT2D eigenvalue weighted by Crippen LogP contribution is -2.12. The summed E-state index contributed by atoms with van der Waals surface area (Å²) in [7, 11) is 2.45. The van der Waals surface area contributed by atoms with Crippen LogP contribution in [-0.2, 0) is 14.3 Å². The number of anilines is 1. The van der Waals surface area contributed by atoms with Crippen LogP contribution in [-0.4, -0.2) is 38.7 Å². The predicted molar refractivity (Wildman–Crippen MR) is 104 cm³/mol. The lowest BCUT2D eigenvalue weighted by atomic mass is 10.1. The number of hydrogen-bond acceptors (Lipinski definition) is 6. The molecule has 2 rings (SSSR count). The van der Waals surface area contributed by atoms with Gasteiger partial charge in [-0.15, -0.1) is 0 Å². The zero-order chi connectivity index (χ0) is 20.5. The molecular formula is C21H21NO6. The molecule has 0 aliphatic carbocycles. The standard InChI is InChI=1S/C21H21NO6/c1-4-28-18-8-5-14(6-9-18)7-10-19(23)22-17-12-15(20(24)26-2)11-16(13-17)21(25)27-3/h5-13H,4H2,1-3H3,(H,22,23)/b10-7+. The molecule has 0 radical (unpaired) electrons. The van der Waals surface area contributed by atoms with Gasteiger partial charge in [0.1, 0.15) is 5.75 Å². The van der Waals surface area contributed by atoms with Crippen LogP contribution in [0, 0.1) is 0 Å². The SMILES string of the molecule is CCOc1ccc(/C=C/C(=O)Nc2cc(C(=O)OC)cc(C(=O)OC)c2)cc1. The van der Waals surface area contributed by atoms with Gasteiger partial charge in [0, 0.05) is 11.8 Å². The van der Waals surface area contributed by atoms with Gasteiger partial charge in [-0.25, -0.2) is 9.59 Å². The van der Waals surface area contributed by atoms with Crippen LogP contribution in [0.4, 0.5) is 5.69 Å². The van der Waals surface area contributed by atoms with Crippen molar-refractivity contribution in [1.82, 2.24) is 0 Å². The van der Waals surface area contributed by atoms with Crippen LogP contribution in [0.1, 0.15) is 33.2 Å². The minimum Gasteiger partial charge on any atom is -0.494 e. The van der Waals surface area contributed by atoms with Crippen LogP contribution in [0.5, 0.6) is 5.75 Å². The van der Waals surface area contributed by atoms with Gasteiger partial charge in [-0.3, -0.25) is 4.79 Å². The van der Waals surface area contributed by atoms with Crippen LogP contribution >= 0.6 is 0 Å². The van der Waals surface area contributed by atoms with Gasteiger partial charge >= 0.3 is 11.9 Å². The summed E-state index contributed by atoms with van der Waals surface area (Å²) in [5.41, 5.74) is 1.33.